The van der Waals surface area contributed by atoms with Crippen molar-refractivity contribution in [1.82, 2.24) is 10.0 Å². The fourth-order valence-electron chi connectivity index (χ4n) is 2.06. The van der Waals surface area contributed by atoms with Crippen molar-refractivity contribution in [3.05, 3.63) is 29.3 Å². The SMILES string of the molecule is CCCNS(=O)(=O)c1cccc2c1CCNC2. The Morgan fingerprint density at radius 2 is 2.24 bits per heavy atom. The topological polar surface area (TPSA) is 58.2 Å². The molecule has 0 unspecified atom stereocenters. The predicted octanol–water partition coefficient (Wildman–Crippen LogP) is 1.02. The summed E-state index contributed by atoms with van der Waals surface area (Å²) in [6.07, 6.45) is 1.58. The lowest BCUT2D eigenvalue weighted by molar-refractivity contribution is 0.575. The summed E-state index contributed by atoms with van der Waals surface area (Å²) in [6, 6.07) is 5.49. The smallest absolute Gasteiger partial charge is 0.240 e. The van der Waals surface area contributed by atoms with Gasteiger partial charge in [0.05, 0.1) is 4.90 Å². The largest absolute Gasteiger partial charge is 0.312 e. The van der Waals surface area contributed by atoms with E-state index in [0.717, 1.165) is 37.1 Å². The van der Waals surface area contributed by atoms with Crippen LogP contribution in [0.25, 0.3) is 0 Å². The van der Waals surface area contributed by atoms with Crippen molar-refractivity contribution < 1.29 is 8.42 Å². The van der Waals surface area contributed by atoms with Gasteiger partial charge in [0, 0.05) is 13.1 Å². The van der Waals surface area contributed by atoms with Gasteiger partial charge < -0.3 is 5.32 Å². The van der Waals surface area contributed by atoms with Crippen LogP contribution in [0.1, 0.15) is 24.5 Å². The van der Waals surface area contributed by atoms with Gasteiger partial charge in [-0.05, 0) is 36.6 Å². The third-order valence-corrected chi connectivity index (χ3v) is 4.47. The maximum absolute atomic E-state index is 12.1. The van der Waals surface area contributed by atoms with Crippen molar-refractivity contribution in [3.63, 3.8) is 0 Å². The molecule has 0 fully saturated rings. The van der Waals surface area contributed by atoms with Crippen LogP contribution in [0.3, 0.4) is 0 Å². The molecule has 0 atom stereocenters. The fraction of sp³-hybridized carbons (Fsp3) is 0.500. The van der Waals surface area contributed by atoms with Gasteiger partial charge in [-0.1, -0.05) is 19.1 Å². The first-order chi connectivity index (χ1) is 8.15. The lowest BCUT2D eigenvalue weighted by Crippen LogP contribution is -2.29. The summed E-state index contributed by atoms with van der Waals surface area (Å²) < 4.78 is 26.9. The van der Waals surface area contributed by atoms with Crippen molar-refractivity contribution in [3.8, 4) is 0 Å². The monoisotopic (exact) mass is 254 g/mol. The van der Waals surface area contributed by atoms with Crippen LogP contribution in [-0.4, -0.2) is 21.5 Å². The van der Waals surface area contributed by atoms with E-state index in [0.29, 0.717) is 11.4 Å². The second-order valence-corrected chi connectivity index (χ2v) is 5.95. The normalized spacial score (nSPS) is 15.6. The summed E-state index contributed by atoms with van der Waals surface area (Å²) in [5, 5.41) is 3.25. The molecule has 0 aliphatic carbocycles. The quantitative estimate of drug-likeness (QED) is 0.843. The molecule has 94 valence electrons. The fourth-order valence-corrected chi connectivity index (χ4v) is 3.51. The molecule has 1 heterocycles. The minimum atomic E-state index is -3.34. The summed E-state index contributed by atoms with van der Waals surface area (Å²) in [6.45, 7) is 4.04. The highest BCUT2D eigenvalue weighted by atomic mass is 32.2. The number of rotatable bonds is 4. The van der Waals surface area contributed by atoms with Crippen molar-refractivity contribution in [2.45, 2.75) is 31.2 Å². The molecule has 0 radical (unpaired) electrons. The van der Waals surface area contributed by atoms with Gasteiger partial charge in [-0.3, -0.25) is 0 Å². The molecule has 0 aromatic heterocycles. The summed E-state index contributed by atoms with van der Waals surface area (Å²) in [7, 11) is -3.34. The molecule has 0 amide bonds. The third kappa shape index (κ3) is 2.68. The highest BCUT2D eigenvalue weighted by Gasteiger charge is 2.21. The van der Waals surface area contributed by atoms with Crippen molar-refractivity contribution >= 4 is 10.0 Å². The second kappa shape index (κ2) is 5.16. The average Bonchev–Trinajstić information content (AvgIpc) is 2.36. The maximum Gasteiger partial charge on any atom is 0.240 e. The molecule has 4 nitrogen and oxygen atoms in total. The van der Waals surface area contributed by atoms with E-state index in [4.69, 9.17) is 0 Å². The summed E-state index contributed by atoms with van der Waals surface area (Å²) in [5.74, 6) is 0. The Balaban J connectivity index is 2.38. The predicted molar refractivity (Wildman–Crippen MR) is 67.3 cm³/mol. The lowest BCUT2D eigenvalue weighted by atomic mass is 10.0. The molecule has 2 N–H and O–H groups in total. The zero-order chi connectivity index (χ0) is 12.3. The minimum Gasteiger partial charge on any atom is -0.312 e. The van der Waals surface area contributed by atoms with Crippen LogP contribution >= 0.6 is 0 Å². The van der Waals surface area contributed by atoms with E-state index in [1.54, 1.807) is 6.07 Å². The Bertz CT molecular complexity index is 497. The zero-order valence-corrected chi connectivity index (χ0v) is 10.8. The van der Waals surface area contributed by atoms with Gasteiger partial charge in [0.15, 0.2) is 0 Å². The van der Waals surface area contributed by atoms with E-state index in [1.807, 2.05) is 19.1 Å². The molecule has 0 saturated heterocycles. The number of sulfonamides is 1. The molecular weight excluding hydrogens is 236 g/mol. The van der Waals surface area contributed by atoms with Gasteiger partial charge in [0.2, 0.25) is 10.0 Å². The van der Waals surface area contributed by atoms with Gasteiger partial charge in [0.25, 0.3) is 0 Å². The first kappa shape index (κ1) is 12.5. The number of hydrogen-bond donors (Lipinski definition) is 2. The first-order valence-corrected chi connectivity index (χ1v) is 7.44. The van der Waals surface area contributed by atoms with Crippen LogP contribution in [0.4, 0.5) is 0 Å². The van der Waals surface area contributed by atoms with Crippen molar-refractivity contribution in [1.29, 1.82) is 0 Å². The van der Waals surface area contributed by atoms with Crippen LogP contribution < -0.4 is 10.0 Å². The molecule has 1 aliphatic heterocycles. The van der Waals surface area contributed by atoms with E-state index in [1.165, 1.54) is 0 Å². The van der Waals surface area contributed by atoms with E-state index in [-0.39, 0.29) is 0 Å². The third-order valence-electron chi connectivity index (χ3n) is 2.93. The molecular formula is C12H18N2O2S. The van der Waals surface area contributed by atoms with Crippen LogP contribution in [0.15, 0.2) is 23.1 Å². The highest BCUT2D eigenvalue weighted by molar-refractivity contribution is 7.89. The van der Waals surface area contributed by atoms with Crippen LogP contribution in [0.2, 0.25) is 0 Å². The Morgan fingerprint density at radius 1 is 1.41 bits per heavy atom. The van der Waals surface area contributed by atoms with E-state index in [9.17, 15) is 8.42 Å². The van der Waals surface area contributed by atoms with Crippen LogP contribution in [0.5, 0.6) is 0 Å². The van der Waals surface area contributed by atoms with Crippen LogP contribution in [-0.2, 0) is 23.0 Å². The van der Waals surface area contributed by atoms with E-state index < -0.39 is 10.0 Å². The Hall–Kier alpha value is -0.910. The Kier molecular flexibility index (Phi) is 3.81. The van der Waals surface area contributed by atoms with Gasteiger partial charge in [-0.25, -0.2) is 13.1 Å². The second-order valence-electron chi connectivity index (χ2n) is 4.22. The Morgan fingerprint density at radius 3 is 3.00 bits per heavy atom. The molecule has 0 bridgehead atoms. The number of nitrogens with one attached hydrogen (secondary N) is 2. The average molecular weight is 254 g/mol. The molecule has 2 rings (SSSR count). The number of fused-ring (bicyclic) bond motifs is 1. The van der Waals surface area contributed by atoms with Crippen LogP contribution in [0, 0.1) is 0 Å². The van der Waals surface area contributed by atoms with Crippen molar-refractivity contribution in [2.24, 2.45) is 0 Å². The van der Waals surface area contributed by atoms with Gasteiger partial charge in [-0.2, -0.15) is 0 Å². The van der Waals surface area contributed by atoms with Crippen molar-refractivity contribution in [2.75, 3.05) is 13.1 Å². The number of hydrogen-bond acceptors (Lipinski definition) is 3. The van der Waals surface area contributed by atoms with Gasteiger partial charge in [0.1, 0.15) is 0 Å². The first-order valence-electron chi connectivity index (χ1n) is 5.96. The molecule has 5 heteroatoms. The number of benzene rings is 1. The summed E-state index contributed by atoms with van der Waals surface area (Å²) in [4.78, 5) is 0.449. The zero-order valence-electron chi connectivity index (χ0n) is 9.99. The Labute approximate surface area is 102 Å². The summed E-state index contributed by atoms with van der Waals surface area (Å²) in [5.41, 5.74) is 2.06. The molecule has 0 saturated carbocycles. The molecule has 1 aromatic carbocycles. The minimum absolute atomic E-state index is 0.449. The molecule has 1 aliphatic rings. The van der Waals surface area contributed by atoms with Gasteiger partial charge >= 0.3 is 0 Å². The van der Waals surface area contributed by atoms with Gasteiger partial charge in [-0.15, -0.1) is 0 Å². The molecule has 0 spiro atoms. The highest BCUT2D eigenvalue weighted by Crippen LogP contribution is 2.22. The van der Waals surface area contributed by atoms with E-state index in [2.05, 4.69) is 10.0 Å². The standard InChI is InChI=1S/C12H18N2O2S/c1-2-7-14-17(15,16)12-5-3-4-10-9-13-8-6-11(10)12/h3-5,13-14H,2,6-9H2,1H3. The summed E-state index contributed by atoms with van der Waals surface area (Å²) >= 11 is 0. The maximum atomic E-state index is 12.1. The molecule has 1 aromatic rings. The van der Waals surface area contributed by atoms with E-state index >= 15 is 0 Å². The molecule has 17 heavy (non-hydrogen) atoms. The lowest BCUT2D eigenvalue weighted by Gasteiger charge is -2.20.